The number of amides is 1. The second-order valence-corrected chi connectivity index (χ2v) is 7.58. The first kappa shape index (κ1) is 18.6. The molecule has 3 rings (SSSR count). The molecule has 1 aliphatic heterocycles. The van der Waals surface area contributed by atoms with Crippen molar-refractivity contribution in [2.24, 2.45) is 0 Å². The van der Waals surface area contributed by atoms with Crippen LogP contribution in [0.15, 0.2) is 36.4 Å². The number of benzene rings is 2. The molecule has 1 saturated heterocycles. The van der Waals surface area contributed by atoms with Crippen LogP contribution in [0.4, 0.5) is 11.4 Å². The zero-order valence-corrected chi connectivity index (χ0v) is 16.9. The van der Waals surface area contributed by atoms with Gasteiger partial charge in [0.1, 0.15) is 0 Å². The zero-order chi connectivity index (χ0) is 18.8. The van der Waals surface area contributed by atoms with E-state index in [1.54, 1.807) is 6.07 Å². The maximum Gasteiger partial charge on any atom is 0.270 e. The number of carbonyl (C=O) groups is 1. The lowest BCUT2D eigenvalue weighted by molar-refractivity contribution is -0.384. The van der Waals surface area contributed by atoms with Crippen molar-refractivity contribution >= 4 is 39.9 Å². The summed E-state index contributed by atoms with van der Waals surface area (Å²) in [5.74, 6) is -0.0649. The number of carbonyl (C=O) groups excluding carboxylic acids is 1. The smallest absolute Gasteiger partial charge is 0.270 e. The summed E-state index contributed by atoms with van der Waals surface area (Å²) in [5.41, 5.74) is 4.29. The largest absolute Gasteiger partial charge is 0.368 e. The van der Waals surface area contributed by atoms with Gasteiger partial charge in [-0.2, -0.15) is 0 Å². The third kappa shape index (κ3) is 3.67. The average Bonchev–Trinajstić information content (AvgIpc) is 2.63. The molecule has 1 heterocycles. The maximum atomic E-state index is 12.8. The second-order valence-electron chi connectivity index (χ2n) is 6.42. The van der Waals surface area contributed by atoms with E-state index in [9.17, 15) is 14.9 Å². The SMILES string of the molecule is Cc1cccc(N2CCN(C(=O)c3ccc([N+](=O)[O-])cc3I)CC2)c1C. The number of nitro benzene ring substituents is 1. The summed E-state index contributed by atoms with van der Waals surface area (Å²) in [6.45, 7) is 7.06. The summed E-state index contributed by atoms with van der Waals surface area (Å²) in [6, 6.07) is 10.7. The van der Waals surface area contributed by atoms with Crippen LogP contribution in [0.25, 0.3) is 0 Å². The molecule has 0 spiro atoms. The quantitative estimate of drug-likeness (QED) is 0.393. The molecule has 0 aromatic heterocycles. The Kier molecular flexibility index (Phi) is 5.45. The van der Waals surface area contributed by atoms with E-state index in [1.807, 2.05) is 27.5 Å². The Hall–Kier alpha value is -2.16. The van der Waals surface area contributed by atoms with Crippen molar-refractivity contribution in [2.75, 3.05) is 31.1 Å². The fraction of sp³-hybridized carbons (Fsp3) is 0.316. The van der Waals surface area contributed by atoms with Gasteiger partial charge in [0.25, 0.3) is 11.6 Å². The third-order valence-corrected chi connectivity index (χ3v) is 5.77. The minimum atomic E-state index is -0.445. The molecule has 0 atom stereocenters. The number of hydrogen-bond acceptors (Lipinski definition) is 4. The summed E-state index contributed by atoms with van der Waals surface area (Å²) in [4.78, 5) is 27.3. The third-order valence-electron chi connectivity index (χ3n) is 4.88. The average molecular weight is 465 g/mol. The van der Waals surface area contributed by atoms with E-state index in [1.165, 1.54) is 28.9 Å². The molecular weight excluding hydrogens is 445 g/mol. The van der Waals surface area contributed by atoms with Crippen molar-refractivity contribution in [3.63, 3.8) is 0 Å². The molecule has 136 valence electrons. The molecule has 0 N–H and O–H groups in total. The minimum absolute atomic E-state index is 0.00527. The Morgan fingerprint density at radius 3 is 2.42 bits per heavy atom. The number of piperazine rings is 1. The first-order chi connectivity index (χ1) is 12.4. The van der Waals surface area contributed by atoms with E-state index in [0.717, 1.165) is 13.1 Å². The van der Waals surface area contributed by atoms with Crippen LogP contribution in [0.2, 0.25) is 0 Å². The van der Waals surface area contributed by atoms with Gasteiger partial charge in [0.05, 0.1) is 10.5 Å². The molecule has 0 radical (unpaired) electrons. The van der Waals surface area contributed by atoms with Crippen LogP contribution in [0.5, 0.6) is 0 Å². The first-order valence-corrected chi connectivity index (χ1v) is 9.50. The molecule has 6 nitrogen and oxygen atoms in total. The molecule has 1 fully saturated rings. The van der Waals surface area contributed by atoms with Crippen molar-refractivity contribution in [2.45, 2.75) is 13.8 Å². The van der Waals surface area contributed by atoms with Crippen molar-refractivity contribution in [1.29, 1.82) is 0 Å². The highest BCUT2D eigenvalue weighted by Gasteiger charge is 2.25. The predicted molar refractivity (Wildman–Crippen MR) is 110 cm³/mol. The van der Waals surface area contributed by atoms with Gasteiger partial charge in [-0.1, -0.05) is 12.1 Å². The molecule has 2 aromatic rings. The number of nitrogens with zero attached hydrogens (tertiary/aromatic N) is 3. The van der Waals surface area contributed by atoms with Crippen molar-refractivity contribution in [3.8, 4) is 0 Å². The molecule has 0 unspecified atom stereocenters. The topological polar surface area (TPSA) is 66.7 Å². The Balaban J connectivity index is 1.71. The fourth-order valence-corrected chi connectivity index (χ4v) is 3.92. The van der Waals surface area contributed by atoms with E-state index >= 15 is 0 Å². The molecule has 7 heteroatoms. The maximum absolute atomic E-state index is 12.8. The number of aryl methyl sites for hydroxylation is 1. The molecule has 0 bridgehead atoms. The number of rotatable bonds is 3. The Morgan fingerprint density at radius 2 is 1.81 bits per heavy atom. The van der Waals surface area contributed by atoms with Crippen molar-refractivity contribution < 1.29 is 9.72 Å². The highest BCUT2D eigenvalue weighted by Crippen LogP contribution is 2.25. The van der Waals surface area contributed by atoms with Gasteiger partial charge in [-0.15, -0.1) is 0 Å². The molecule has 0 aliphatic carbocycles. The highest BCUT2D eigenvalue weighted by molar-refractivity contribution is 14.1. The lowest BCUT2D eigenvalue weighted by atomic mass is 10.1. The zero-order valence-electron chi connectivity index (χ0n) is 14.7. The fourth-order valence-electron chi connectivity index (χ4n) is 3.19. The second kappa shape index (κ2) is 7.61. The number of halogens is 1. The van der Waals surface area contributed by atoms with Crippen LogP contribution in [0.1, 0.15) is 21.5 Å². The molecule has 0 saturated carbocycles. The lowest BCUT2D eigenvalue weighted by Crippen LogP contribution is -2.49. The van der Waals surface area contributed by atoms with E-state index in [4.69, 9.17) is 0 Å². The van der Waals surface area contributed by atoms with E-state index in [2.05, 4.69) is 36.9 Å². The normalized spacial score (nSPS) is 14.4. The molecule has 26 heavy (non-hydrogen) atoms. The summed E-state index contributed by atoms with van der Waals surface area (Å²) in [5, 5.41) is 10.9. The van der Waals surface area contributed by atoms with Gasteiger partial charge in [-0.3, -0.25) is 14.9 Å². The molecule has 2 aromatic carbocycles. The monoisotopic (exact) mass is 465 g/mol. The van der Waals surface area contributed by atoms with Crippen LogP contribution in [0, 0.1) is 27.5 Å². The van der Waals surface area contributed by atoms with Crippen LogP contribution in [-0.2, 0) is 0 Å². The summed E-state index contributed by atoms with van der Waals surface area (Å²) < 4.78 is 0.610. The van der Waals surface area contributed by atoms with Gasteiger partial charge in [0.2, 0.25) is 0 Å². The number of hydrogen-bond donors (Lipinski definition) is 0. The number of anilines is 1. The van der Waals surface area contributed by atoms with E-state index < -0.39 is 4.92 Å². The van der Waals surface area contributed by atoms with Crippen molar-refractivity contribution in [3.05, 3.63) is 66.8 Å². The Labute approximate surface area is 166 Å². The van der Waals surface area contributed by atoms with Crippen LogP contribution >= 0.6 is 22.6 Å². The van der Waals surface area contributed by atoms with E-state index in [0.29, 0.717) is 22.2 Å². The molecular formula is C19H20IN3O3. The lowest BCUT2D eigenvalue weighted by Gasteiger charge is -2.37. The van der Waals surface area contributed by atoms with Gasteiger partial charge in [0, 0.05) is 47.6 Å². The van der Waals surface area contributed by atoms with Crippen LogP contribution < -0.4 is 4.90 Å². The van der Waals surface area contributed by atoms with Gasteiger partial charge in [0.15, 0.2) is 0 Å². The van der Waals surface area contributed by atoms with Gasteiger partial charge in [-0.25, -0.2) is 0 Å². The van der Waals surface area contributed by atoms with Crippen LogP contribution in [0.3, 0.4) is 0 Å². The molecule has 1 amide bonds. The standard InChI is InChI=1S/C19H20IN3O3/c1-13-4-3-5-18(14(13)2)21-8-10-22(11-9-21)19(24)16-7-6-15(23(25)26)12-17(16)20/h3-7,12H,8-11H2,1-2H3. The van der Waals surface area contributed by atoms with Crippen LogP contribution in [-0.4, -0.2) is 41.9 Å². The minimum Gasteiger partial charge on any atom is -0.368 e. The first-order valence-electron chi connectivity index (χ1n) is 8.43. The van der Waals surface area contributed by atoms with Gasteiger partial charge < -0.3 is 9.80 Å². The number of non-ortho nitro benzene ring substituents is 1. The summed E-state index contributed by atoms with van der Waals surface area (Å²) >= 11 is 1.99. The van der Waals surface area contributed by atoms with E-state index in [-0.39, 0.29) is 11.6 Å². The number of nitro groups is 1. The van der Waals surface area contributed by atoms with Crippen molar-refractivity contribution in [1.82, 2.24) is 4.90 Å². The summed E-state index contributed by atoms with van der Waals surface area (Å²) in [7, 11) is 0. The molecule has 1 aliphatic rings. The highest BCUT2D eigenvalue weighted by atomic mass is 127. The van der Waals surface area contributed by atoms with Gasteiger partial charge >= 0.3 is 0 Å². The van der Waals surface area contributed by atoms with Gasteiger partial charge in [-0.05, 0) is 59.7 Å². The Bertz CT molecular complexity index is 861. The summed E-state index contributed by atoms with van der Waals surface area (Å²) in [6.07, 6.45) is 0. The Morgan fingerprint density at radius 1 is 1.12 bits per heavy atom. The predicted octanol–water partition coefficient (Wildman–Crippen LogP) is 3.78.